The lowest BCUT2D eigenvalue weighted by Gasteiger charge is -2.30. The van der Waals surface area contributed by atoms with Crippen molar-refractivity contribution in [2.24, 2.45) is 0 Å². The lowest BCUT2D eigenvalue weighted by molar-refractivity contribution is -0.00313. The monoisotopic (exact) mass is 373 g/mol. The first-order chi connectivity index (χ1) is 13.2. The summed E-state index contributed by atoms with van der Waals surface area (Å²) in [5, 5.41) is 11.1. The van der Waals surface area contributed by atoms with Gasteiger partial charge in [0.1, 0.15) is 18.0 Å². The first-order valence-electron chi connectivity index (χ1n) is 9.11. The molecule has 1 saturated carbocycles. The molecule has 2 aromatic heterocycles. The molecule has 0 spiro atoms. The summed E-state index contributed by atoms with van der Waals surface area (Å²) in [6.07, 6.45) is 5.18. The van der Waals surface area contributed by atoms with Crippen molar-refractivity contribution in [3.63, 3.8) is 0 Å². The first-order valence-corrected chi connectivity index (χ1v) is 9.11. The van der Waals surface area contributed by atoms with Gasteiger partial charge in [0.15, 0.2) is 11.8 Å². The van der Waals surface area contributed by atoms with Crippen LogP contribution in [0.3, 0.4) is 0 Å². The maximum atomic E-state index is 14.2. The molecular formula is C19H21F2N5O. The van der Waals surface area contributed by atoms with Crippen LogP contribution in [0, 0.1) is 5.82 Å². The van der Waals surface area contributed by atoms with E-state index in [-0.39, 0.29) is 24.3 Å². The number of fused-ring (bicyclic) bond motifs is 1. The molecule has 0 aliphatic heterocycles. The third kappa shape index (κ3) is 4.05. The summed E-state index contributed by atoms with van der Waals surface area (Å²) in [6.45, 7) is -0.120. The fourth-order valence-corrected chi connectivity index (χ4v) is 3.49. The molecule has 0 amide bonds. The van der Waals surface area contributed by atoms with Crippen molar-refractivity contribution in [2.75, 3.05) is 11.9 Å². The zero-order valence-electron chi connectivity index (χ0n) is 14.7. The summed E-state index contributed by atoms with van der Waals surface area (Å²) in [6, 6.07) is 6.18. The molecule has 1 fully saturated rings. The van der Waals surface area contributed by atoms with Gasteiger partial charge in [-0.25, -0.2) is 18.7 Å². The van der Waals surface area contributed by atoms with Gasteiger partial charge in [0.05, 0.1) is 24.3 Å². The van der Waals surface area contributed by atoms with Gasteiger partial charge < -0.3 is 10.1 Å². The highest BCUT2D eigenvalue weighted by Gasteiger charge is 2.24. The number of nitrogens with zero attached hydrogens (tertiary/aromatic N) is 3. The maximum Gasteiger partial charge on any atom is 0.160 e. The average Bonchev–Trinajstić information content (AvgIpc) is 3.17. The lowest BCUT2D eigenvalue weighted by atomic mass is 9.93. The summed E-state index contributed by atoms with van der Waals surface area (Å²) in [7, 11) is 0. The number of hydrogen-bond acceptors (Lipinski definition) is 5. The molecule has 27 heavy (non-hydrogen) atoms. The number of halogens is 2. The maximum absolute atomic E-state index is 14.2. The molecule has 0 radical (unpaired) electrons. The van der Waals surface area contributed by atoms with E-state index in [0.29, 0.717) is 5.65 Å². The molecule has 6 nitrogen and oxygen atoms in total. The molecule has 1 unspecified atom stereocenters. The molecule has 0 bridgehead atoms. The second-order valence-electron chi connectivity index (χ2n) is 6.79. The van der Waals surface area contributed by atoms with Gasteiger partial charge in [-0.05, 0) is 31.7 Å². The highest BCUT2D eigenvalue weighted by Crippen LogP contribution is 2.28. The standard InChI is InChI=1S/C19H21F2N5O/c20-16-4-2-1-3-14(16)17(21)10-27-13-7-5-12(6-8-13)25-18-15-9-24-26-19(15)23-11-22-18/h1-4,9,11-13,17H,5-8,10H2,(H2,22,23,24,25,26)/t12-,13-,17?. The Morgan fingerprint density at radius 1 is 1.19 bits per heavy atom. The van der Waals surface area contributed by atoms with Gasteiger partial charge in [-0.15, -0.1) is 0 Å². The summed E-state index contributed by atoms with van der Waals surface area (Å²) in [5.41, 5.74) is 0.757. The second kappa shape index (κ2) is 7.96. The Kier molecular flexibility index (Phi) is 5.24. The zero-order valence-corrected chi connectivity index (χ0v) is 14.7. The molecule has 3 aromatic rings. The van der Waals surface area contributed by atoms with Crippen LogP contribution in [-0.4, -0.2) is 38.9 Å². The number of anilines is 1. The van der Waals surface area contributed by atoms with Crippen LogP contribution in [0.15, 0.2) is 36.8 Å². The molecule has 1 atom stereocenters. The smallest absolute Gasteiger partial charge is 0.160 e. The molecule has 4 rings (SSSR count). The van der Waals surface area contributed by atoms with E-state index in [0.717, 1.165) is 36.9 Å². The van der Waals surface area contributed by atoms with Gasteiger partial charge in [0.2, 0.25) is 0 Å². The first kappa shape index (κ1) is 17.8. The van der Waals surface area contributed by atoms with Crippen molar-refractivity contribution in [3.05, 3.63) is 48.2 Å². The van der Waals surface area contributed by atoms with Crippen LogP contribution in [0.5, 0.6) is 0 Å². The Bertz CT molecular complexity index is 894. The van der Waals surface area contributed by atoms with E-state index in [2.05, 4.69) is 25.5 Å². The predicted octanol–water partition coefficient (Wildman–Crippen LogP) is 3.94. The van der Waals surface area contributed by atoms with Crippen LogP contribution in [0.25, 0.3) is 11.0 Å². The molecule has 1 aromatic carbocycles. The SMILES string of the molecule is Fc1ccccc1C(F)CO[C@H]1CC[C@H](Nc2ncnc3[nH]ncc23)CC1. The number of rotatable bonds is 6. The van der Waals surface area contributed by atoms with E-state index in [4.69, 9.17) is 4.74 Å². The van der Waals surface area contributed by atoms with E-state index in [1.54, 1.807) is 18.3 Å². The number of aromatic nitrogens is 4. The Labute approximate surface area is 155 Å². The van der Waals surface area contributed by atoms with E-state index >= 15 is 0 Å². The Morgan fingerprint density at radius 2 is 2.00 bits per heavy atom. The molecule has 2 N–H and O–H groups in total. The number of hydrogen-bond donors (Lipinski definition) is 2. The van der Waals surface area contributed by atoms with Gasteiger partial charge in [-0.2, -0.15) is 5.10 Å². The van der Waals surface area contributed by atoms with Crippen molar-refractivity contribution in [1.82, 2.24) is 20.2 Å². The minimum absolute atomic E-state index is 0.00702. The number of benzene rings is 1. The van der Waals surface area contributed by atoms with Crippen molar-refractivity contribution >= 4 is 16.9 Å². The molecule has 1 aliphatic carbocycles. The zero-order chi connectivity index (χ0) is 18.6. The molecule has 2 heterocycles. The highest BCUT2D eigenvalue weighted by atomic mass is 19.1. The fraction of sp³-hybridized carbons (Fsp3) is 0.421. The van der Waals surface area contributed by atoms with Crippen LogP contribution in [0.1, 0.15) is 37.4 Å². The molecular weight excluding hydrogens is 352 g/mol. The Balaban J connectivity index is 1.27. The average molecular weight is 373 g/mol. The number of aromatic amines is 1. The molecule has 0 saturated heterocycles. The Hall–Kier alpha value is -2.61. The van der Waals surface area contributed by atoms with Crippen molar-refractivity contribution < 1.29 is 13.5 Å². The summed E-state index contributed by atoms with van der Waals surface area (Å²) in [4.78, 5) is 8.42. The molecule has 8 heteroatoms. The summed E-state index contributed by atoms with van der Waals surface area (Å²) >= 11 is 0. The number of ether oxygens (including phenoxy) is 1. The van der Waals surface area contributed by atoms with Gasteiger partial charge in [-0.3, -0.25) is 5.10 Å². The fourth-order valence-electron chi connectivity index (χ4n) is 3.49. The van der Waals surface area contributed by atoms with Crippen LogP contribution < -0.4 is 5.32 Å². The van der Waals surface area contributed by atoms with E-state index in [9.17, 15) is 8.78 Å². The number of nitrogens with one attached hydrogen (secondary N) is 2. The van der Waals surface area contributed by atoms with Crippen molar-refractivity contribution in [1.29, 1.82) is 0 Å². The summed E-state index contributed by atoms with van der Waals surface area (Å²) in [5.74, 6) is 0.235. The van der Waals surface area contributed by atoms with Gasteiger partial charge in [0, 0.05) is 11.6 Å². The van der Waals surface area contributed by atoms with Crippen LogP contribution in [0.4, 0.5) is 14.6 Å². The third-order valence-electron chi connectivity index (χ3n) is 4.98. The minimum atomic E-state index is -1.45. The van der Waals surface area contributed by atoms with Crippen molar-refractivity contribution in [3.8, 4) is 0 Å². The largest absolute Gasteiger partial charge is 0.375 e. The third-order valence-corrected chi connectivity index (χ3v) is 4.98. The van der Waals surface area contributed by atoms with Crippen LogP contribution in [-0.2, 0) is 4.74 Å². The second-order valence-corrected chi connectivity index (χ2v) is 6.79. The van der Waals surface area contributed by atoms with Gasteiger partial charge in [-0.1, -0.05) is 18.2 Å². The number of H-pyrrole nitrogens is 1. The number of alkyl halides is 1. The Morgan fingerprint density at radius 3 is 2.81 bits per heavy atom. The highest BCUT2D eigenvalue weighted by molar-refractivity contribution is 5.85. The van der Waals surface area contributed by atoms with E-state index in [1.807, 2.05) is 0 Å². The minimum Gasteiger partial charge on any atom is -0.375 e. The topological polar surface area (TPSA) is 75.7 Å². The summed E-state index contributed by atoms with van der Waals surface area (Å²) < 4.78 is 33.6. The van der Waals surface area contributed by atoms with Gasteiger partial charge in [0.25, 0.3) is 0 Å². The lowest BCUT2D eigenvalue weighted by Crippen LogP contribution is -2.30. The van der Waals surface area contributed by atoms with Crippen molar-refractivity contribution in [2.45, 2.75) is 44.0 Å². The molecule has 142 valence electrons. The van der Waals surface area contributed by atoms with E-state index in [1.165, 1.54) is 18.5 Å². The normalized spacial score (nSPS) is 21.3. The predicted molar refractivity (Wildman–Crippen MR) is 97.6 cm³/mol. The van der Waals surface area contributed by atoms with Crippen LogP contribution in [0.2, 0.25) is 0 Å². The van der Waals surface area contributed by atoms with Gasteiger partial charge >= 0.3 is 0 Å². The van der Waals surface area contributed by atoms with E-state index < -0.39 is 12.0 Å². The molecule has 1 aliphatic rings. The quantitative estimate of drug-likeness (QED) is 0.684. The van der Waals surface area contributed by atoms with Crippen LogP contribution >= 0.6 is 0 Å².